The number of aromatic nitrogens is 2. The second-order valence-corrected chi connectivity index (χ2v) is 7.65. The lowest BCUT2D eigenvalue weighted by Gasteiger charge is -2.26. The van der Waals surface area contributed by atoms with E-state index in [0.29, 0.717) is 27.9 Å². The Bertz CT molecular complexity index is 1030. The number of benzene rings is 1. The molecule has 3 aromatic rings. The molecule has 0 saturated carbocycles. The van der Waals surface area contributed by atoms with Gasteiger partial charge in [0.2, 0.25) is 0 Å². The van der Waals surface area contributed by atoms with E-state index in [4.69, 9.17) is 42.4 Å². The van der Waals surface area contributed by atoms with Crippen LogP contribution >= 0.6 is 23.2 Å². The minimum Gasteiger partial charge on any atom is -0.481 e. The molecule has 0 amide bonds. The molecule has 3 heterocycles. The van der Waals surface area contributed by atoms with Crippen molar-refractivity contribution in [1.29, 1.82) is 0 Å². The zero-order valence-corrected chi connectivity index (χ0v) is 17.0. The van der Waals surface area contributed by atoms with Gasteiger partial charge in [-0.15, -0.1) is 0 Å². The van der Waals surface area contributed by atoms with Crippen molar-refractivity contribution in [2.45, 2.75) is 25.3 Å². The first-order chi connectivity index (χ1) is 14.0. The van der Waals surface area contributed by atoms with Gasteiger partial charge in [-0.25, -0.2) is 9.97 Å². The number of fused-ring (bicyclic) bond motifs is 1. The van der Waals surface area contributed by atoms with Gasteiger partial charge < -0.3 is 19.2 Å². The third-order valence-corrected chi connectivity index (χ3v) is 5.80. The summed E-state index contributed by atoms with van der Waals surface area (Å²) in [5.74, 6) is -0.114. The van der Waals surface area contributed by atoms with Crippen LogP contribution < -0.4 is 4.90 Å². The van der Waals surface area contributed by atoms with Crippen LogP contribution in [0, 0.1) is 0 Å². The van der Waals surface area contributed by atoms with Crippen molar-refractivity contribution in [3.8, 4) is 11.3 Å². The van der Waals surface area contributed by atoms with Gasteiger partial charge in [0.05, 0.1) is 41.2 Å². The van der Waals surface area contributed by atoms with Crippen molar-refractivity contribution in [3.63, 3.8) is 0 Å². The molecule has 9 heteroatoms. The largest absolute Gasteiger partial charge is 0.481 e. The number of hydrogen-bond acceptors (Lipinski definition) is 6. The number of ether oxygens (including phenoxy) is 1. The lowest BCUT2D eigenvalue weighted by atomic mass is 10.1. The summed E-state index contributed by atoms with van der Waals surface area (Å²) in [6, 6.07) is 5.70. The summed E-state index contributed by atoms with van der Waals surface area (Å²) in [5, 5.41) is 10.4. The van der Waals surface area contributed by atoms with E-state index in [0.717, 1.165) is 36.2 Å². The number of halogens is 2. The van der Waals surface area contributed by atoms with E-state index in [1.165, 1.54) is 6.39 Å². The van der Waals surface area contributed by atoms with Gasteiger partial charge in [-0.05, 0) is 25.0 Å². The van der Waals surface area contributed by atoms with Crippen LogP contribution in [0.2, 0.25) is 10.0 Å². The molecule has 0 bridgehead atoms. The Kier molecular flexibility index (Phi) is 5.89. The van der Waals surface area contributed by atoms with Crippen molar-refractivity contribution in [3.05, 3.63) is 40.9 Å². The summed E-state index contributed by atoms with van der Waals surface area (Å²) in [6.45, 7) is 1.45. The van der Waals surface area contributed by atoms with Gasteiger partial charge in [-0.1, -0.05) is 29.3 Å². The number of anilines is 1. The number of aliphatic carboxylic acids is 1. The highest BCUT2D eigenvalue weighted by Gasteiger charge is 2.27. The number of hydrogen-bond donors (Lipinski definition) is 1. The van der Waals surface area contributed by atoms with Crippen LogP contribution in [0.15, 0.2) is 35.3 Å². The third kappa shape index (κ3) is 4.17. The molecular formula is C20H19Cl2N3O4. The van der Waals surface area contributed by atoms with Crippen molar-refractivity contribution >= 4 is 45.9 Å². The standard InChI is InChI=1S/C20H19Cl2N3O4/c21-15-4-3-13-14(16-10-29-11-23-16)8-17(24-20(13)19(15)22)25-6-1-2-12(25)9-28-7-5-18(26)27/h3-4,8,10-12H,1-2,5-7,9H2,(H,26,27)/t12-/m0/s1. The molecule has 1 aliphatic heterocycles. The average Bonchev–Trinajstić information content (AvgIpc) is 3.39. The molecule has 0 radical (unpaired) electrons. The molecule has 29 heavy (non-hydrogen) atoms. The number of nitrogens with zero attached hydrogens (tertiary/aromatic N) is 3. The smallest absolute Gasteiger partial charge is 0.305 e. The number of carboxylic acids is 1. The van der Waals surface area contributed by atoms with Crippen LogP contribution in [0.25, 0.3) is 22.2 Å². The van der Waals surface area contributed by atoms with Crippen LogP contribution in [0.5, 0.6) is 0 Å². The lowest BCUT2D eigenvalue weighted by Crippen LogP contribution is -2.34. The zero-order chi connectivity index (χ0) is 20.4. The average molecular weight is 436 g/mol. The maximum absolute atomic E-state index is 10.7. The maximum atomic E-state index is 10.7. The van der Waals surface area contributed by atoms with E-state index in [-0.39, 0.29) is 19.1 Å². The summed E-state index contributed by atoms with van der Waals surface area (Å²) in [4.78, 5) is 21.9. The fourth-order valence-corrected chi connectivity index (χ4v) is 3.97. The summed E-state index contributed by atoms with van der Waals surface area (Å²) in [6.07, 6.45) is 4.89. The first kappa shape index (κ1) is 19.9. The molecule has 1 N–H and O–H groups in total. The van der Waals surface area contributed by atoms with E-state index in [1.807, 2.05) is 12.1 Å². The summed E-state index contributed by atoms with van der Waals surface area (Å²) >= 11 is 12.7. The predicted molar refractivity (Wildman–Crippen MR) is 111 cm³/mol. The molecule has 1 fully saturated rings. The monoisotopic (exact) mass is 435 g/mol. The van der Waals surface area contributed by atoms with Crippen LogP contribution in [0.3, 0.4) is 0 Å². The second-order valence-electron chi connectivity index (χ2n) is 6.87. The van der Waals surface area contributed by atoms with E-state index in [9.17, 15) is 4.79 Å². The van der Waals surface area contributed by atoms with E-state index in [1.54, 1.807) is 12.3 Å². The summed E-state index contributed by atoms with van der Waals surface area (Å²) in [7, 11) is 0. The molecule has 1 aromatic carbocycles. The quantitative estimate of drug-likeness (QED) is 0.539. The molecule has 1 saturated heterocycles. The van der Waals surface area contributed by atoms with Crippen molar-refractivity contribution in [2.24, 2.45) is 0 Å². The minimum absolute atomic E-state index is 0.00857. The molecular weight excluding hydrogens is 417 g/mol. The molecule has 0 unspecified atom stereocenters. The van der Waals surface area contributed by atoms with Crippen molar-refractivity contribution in [2.75, 3.05) is 24.7 Å². The Morgan fingerprint density at radius 1 is 1.38 bits per heavy atom. The molecule has 0 aliphatic carbocycles. The number of carbonyl (C=O) groups is 1. The summed E-state index contributed by atoms with van der Waals surface area (Å²) < 4.78 is 10.8. The number of oxazole rings is 1. The first-order valence-corrected chi connectivity index (χ1v) is 10.0. The molecule has 1 atom stereocenters. The van der Waals surface area contributed by atoms with E-state index >= 15 is 0 Å². The Balaban J connectivity index is 1.69. The van der Waals surface area contributed by atoms with Crippen LogP contribution in [-0.2, 0) is 9.53 Å². The highest BCUT2D eigenvalue weighted by molar-refractivity contribution is 6.45. The number of carboxylic acid groups (broad SMARTS) is 1. The fraction of sp³-hybridized carbons (Fsp3) is 0.350. The molecule has 4 rings (SSSR count). The molecule has 152 valence electrons. The van der Waals surface area contributed by atoms with Gasteiger partial charge in [0.1, 0.15) is 17.8 Å². The topological polar surface area (TPSA) is 88.7 Å². The lowest BCUT2D eigenvalue weighted by molar-refractivity contribution is -0.138. The fourth-order valence-electron chi connectivity index (χ4n) is 3.61. The molecule has 0 spiro atoms. The SMILES string of the molecule is O=C(O)CCOC[C@@H]1CCCN1c1cc(-c2cocn2)c2ccc(Cl)c(Cl)c2n1. The summed E-state index contributed by atoms with van der Waals surface area (Å²) in [5.41, 5.74) is 2.15. The Morgan fingerprint density at radius 2 is 2.24 bits per heavy atom. The predicted octanol–water partition coefficient (Wildman–Crippen LogP) is 4.66. The van der Waals surface area contributed by atoms with E-state index in [2.05, 4.69) is 9.88 Å². The van der Waals surface area contributed by atoms with E-state index < -0.39 is 5.97 Å². The Hall–Kier alpha value is -2.35. The number of rotatable bonds is 7. The van der Waals surface area contributed by atoms with Crippen LogP contribution in [0.4, 0.5) is 5.82 Å². The molecule has 1 aliphatic rings. The molecule has 7 nitrogen and oxygen atoms in total. The second kappa shape index (κ2) is 8.57. The van der Waals surface area contributed by atoms with Crippen LogP contribution in [0.1, 0.15) is 19.3 Å². The highest BCUT2D eigenvalue weighted by atomic mass is 35.5. The molecule has 2 aromatic heterocycles. The Labute approximate surface area is 177 Å². The zero-order valence-electron chi connectivity index (χ0n) is 15.5. The van der Waals surface area contributed by atoms with Gasteiger partial charge in [0.15, 0.2) is 6.39 Å². The normalized spacial score (nSPS) is 16.6. The minimum atomic E-state index is -0.867. The van der Waals surface area contributed by atoms with Gasteiger partial charge in [0, 0.05) is 17.5 Å². The van der Waals surface area contributed by atoms with Gasteiger partial charge in [-0.2, -0.15) is 0 Å². The van der Waals surface area contributed by atoms with Crippen molar-refractivity contribution < 1.29 is 19.1 Å². The van der Waals surface area contributed by atoms with Gasteiger partial charge in [0.25, 0.3) is 0 Å². The Morgan fingerprint density at radius 3 is 3.00 bits per heavy atom. The van der Waals surface area contributed by atoms with Crippen molar-refractivity contribution in [1.82, 2.24) is 9.97 Å². The third-order valence-electron chi connectivity index (χ3n) is 5.01. The van der Waals surface area contributed by atoms with Gasteiger partial charge >= 0.3 is 5.97 Å². The van der Waals surface area contributed by atoms with Crippen LogP contribution in [-0.4, -0.2) is 46.8 Å². The number of pyridine rings is 1. The van der Waals surface area contributed by atoms with Gasteiger partial charge in [-0.3, -0.25) is 4.79 Å². The highest BCUT2D eigenvalue weighted by Crippen LogP contribution is 2.38. The first-order valence-electron chi connectivity index (χ1n) is 9.28. The maximum Gasteiger partial charge on any atom is 0.305 e.